The van der Waals surface area contributed by atoms with Gasteiger partial charge in [-0.25, -0.2) is 13.1 Å². The zero-order valence-corrected chi connectivity index (χ0v) is 18.3. The molecule has 1 aromatic rings. The first-order chi connectivity index (χ1) is 11.3. The molecule has 1 fully saturated rings. The molecule has 0 saturated carbocycles. The molecule has 1 unspecified atom stereocenters. The summed E-state index contributed by atoms with van der Waals surface area (Å²) in [6, 6.07) is 5.40. The van der Waals surface area contributed by atoms with E-state index in [1.165, 1.54) is 6.42 Å². The molecule has 8 heteroatoms. The highest BCUT2D eigenvalue weighted by Crippen LogP contribution is 2.16. The molecule has 0 radical (unpaired) electrons. The number of aryl methyl sites for hydroxylation is 2. The number of guanidine groups is 1. The monoisotopic (exact) mass is 480 g/mol. The van der Waals surface area contributed by atoms with Crippen LogP contribution in [0.3, 0.4) is 0 Å². The van der Waals surface area contributed by atoms with Crippen LogP contribution in [0, 0.1) is 19.8 Å². The summed E-state index contributed by atoms with van der Waals surface area (Å²) in [5.74, 6) is 1.13. The Bertz CT molecular complexity index is 707. The van der Waals surface area contributed by atoms with Gasteiger partial charge in [-0.15, -0.1) is 24.0 Å². The normalized spacial score (nSPS) is 18.8. The molecule has 1 aliphatic rings. The van der Waals surface area contributed by atoms with Gasteiger partial charge in [-0.05, 0) is 49.8 Å². The summed E-state index contributed by atoms with van der Waals surface area (Å²) in [6.45, 7) is 8.29. The second-order valence-corrected chi connectivity index (χ2v) is 8.34. The fourth-order valence-corrected chi connectivity index (χ4v) is 4.27. The minimum absolute atomic E-state index is 0. The van der Waals surface area contributed by atoms with Crippen LogP contribution < -0.4 is 10.5 Å². The van der Waals surface area contributed by atoms with Gasteiger partial charge in [-0.1, -0.05) is 19.1 Å². The van der Waals surface area contributed by atoms with E-state index in [9.17, 15) is 8.42 Å². The molecule has 1 saturated heterocycles. The highest BCUT2D eigenvalue weighted by molar-refractivity contribution is 14.0. The van der Waals surface area contributed by atoms with Crippen molar-refractivity contribution in [3.05, 3.63) is 29.3 Å². The van der Waals surface area contributed by atoms with Gasteiger partial charge in [0.15, 0.2) is 5.96 Å². The van der Waals surface area contributed by atoms with Crippen molar-refractivity contribution in [2.45, 2.75) is 38.5 Å². The summed E-state index contributed by atoms with van der Waals surface area (Å²) in [6.07, 6.45) is 2.34. The first-order valence-electron chi connectivity index (χ1n) is 8.41. The molecule has 1 atom stereocenters. The van der Waals surface area contributed by atoms with Crippen molar-refractivity contribution >= 4 is 40.0 Å². The lowest BCUT2D eigenvalue weighted by Crippen LogP contribution is -2.43. The number of hydrogen-bond donors (Lipinski definition) is 2. The van der Waals surface area contributed by atoms with Gasteiger partial charge in [-0.3, -0.25) is 4.99 Å². The summed E-state index contributed by atoms with van der Waals surface area (Å²) >= 11 is 0. The number of nitrogens with one attached hydrogen (secondary N) is 1. The molecule has 6 nitrogen and oxygen atoms in total. The first-order valence-corrected chi connectivity index (χ1v) is 9.89. The number of halogens is 1. The van der Waals surface area contributed by atoms with Crippen molar-refractivity contribution in [1.82, 2.24) is 9.62 Å². The fourth-order valence-electron chi connectivity index (χ4n) is 2.92. The van der Waals surface area contributed by atoms with Crippen LogP contribution in [0.15, 0.2) is 28.1 Å². The Hall–Kier alpha value is -0.870. The van der Waals surface area contributed by atoms with Crippen molar-refractivity contribution in [3.8, 4) is 0 Å². The SMILES string of the molecule is Cc1ccc(C)c(S(=O)(=O)NCCN=C(N)N2CCCC(C)C2)c1.I. The summed E-state index contributed by atoms with van der Waals surface area (Å²) in [4.78, 5) is 6.71. The van der Waals surface area contributed by atoms with Crippen molar-refractivity contribution in [2.75, 3.05) is 26.2 Å². The van der Waals surface area contributed by atoms with Crippen LogP contribution in [-0.4, -0.2) is 45.5 Å². The minimum Gasteiger partial charge on any atom is -0.370 e. The van der Waals surface area contributed by atoms with E-state index in [0.29, 0.717) is 23.3 Å². The number of aliphatic imine (C=N–C) groups is 1. The molecule has 1 aromatic carbocycles. The number of nitrogens with two attached hydrogens (primary N) is 1. The number of rotatable bonds is 5. The smallest absolute Gasteiger partial charge is 0.240 e. The zero-order chi connectivity index (χ0) is 17.7. The Kier molecular flexibility index (Phi) is 8.62. The molecule has 0 bridgehead atoms. The van der Waals surface area contributed by atoms with Gasteiger partial charge in [0.05, 0.1) is 11.4 Å². The topological polar surface area (TPSA) is 87.8 Å². The van der Waals surface area contributed by atoms with Crippen molar-refractivity contribution in [2.24, 2.45) is 16.6 Å². The number of benzene rings is 1. The molecule has 2 rings (SSSR count). The zero-order valence-electron chi connectivity index (χ0n) is 15.2. The van der Waals surface area contributed by atoms with Crippen molar-refractivity contribution < 1.29 is 8.42 Å². The van der Waals surface area contributed by atoms with Crippen LogP contribution in [-0.2, 0) is 10.0 Å². The van der Waals surface area contributed by atoms with E-state index in [1.807, 2.05) is 19.1 Å². The van der Waals surface area contributed by atoms with Gasteiger partial charge in [0.1, 0.15) is 0 Å². The summed E-state index contributed by atoms with van der Waals surface area (Å²) in [7, 11) is -3.52. The van der Waals surface area contributed by atoms with E-state index in [4.69, 9.17) is 5.73 Å². The van der Waals surface area contributed by atoms with Gasteiger partial charge in [0.25, 0.3) is 0 Å². The predicted octanol–water partition coefficient (Wildman–Crippen LogP) is 2.25. The number of sulfonamides is 1. The fraction of sp³-hybridized carbons (Fsp3) is 0.588. The van der Waals surface area contributed by atoms with E-state index in [-0.39, 0.29) is 30.5 Å². The van der Waals surface area contributed by atoms with E-state index in [0.717, 1.165) is 30.6 Å². The molecular formula is C17H29IN4O2S. The Morgan fingerprint density at radius 1 is 1.40 bits per heavy atom. The van der Waals surface area contributed by atoms with Crippen LogP contribution in [0.2, 0.25) is 0 Å². The molecule has 1 aliphatic heterocycles. The quantitative estimate of drug-likeness (QED) is 0.293. The summed E-state index contributed by atoms with van der Waals surface area (Å²) in [5, 5.41) is 0. The van der Waals surface area contributed by atoms with Gasteiger partial charge in [-0.2, -0.15) is 0 Å². The lowest BCUT2D eigenvalue weighted by atomic mass is 10.0. The van der Waals surface area contributed by atoms with Crippen LogP contribution in [0.25, 0.3) is 0 Å². The van der Waals surface area contributed by atoms with E-state index < -0.39 is 10.0 Å². The average Bonchev–Trinajstić information content (AvgIpc) is 2.53. The number of nitrogens with zero attached hydrogens (tertiary/aromatic N) is 2. The lowest BCUT2D eigenvalue weighted by molar-refractivity contribution is 0.270. The highest BCUT2D eigenvalue weighted by atomic mass is 127. The van der Waals surface area contributed by atoms with Crippen LogP contribution in [0.1, 0.15) is 30.9 Å². The maximum Gasteiger partial charge on any atom is 0.240 e. The summed E-state index contributed by atoms with van der Waals surface area (Å²) in [5.41, 5.74) is 7.67. The molecule has 0 aromatic heterocycles. The van der Waals surface area contributed by atoms with Gasteiger partial charge in [0.2, 0.25) is 10.0 Å². The standard InChI is InChI=1S/C17H28N4O2S.HI/c1-13-6-7-15(3)16(11-13)24(22,23)20-9-8-19-17(18)21-10-4-5-14(2)12-21;/h6-7,11,14,20H,4-5,8-10,12H2,1-3H3,(H2,18,19);1H. The molecule has 0 spiro atoms. The molecule has 25 heavy (non-hydrogen) atoms. The van der Waals surface area contributed by atoms with Crippen molar-refractivity contribution in [1.29, 1.82) is 0 Å². The first kappa shape index (κ1) is 22.2. The molecule has 0 amide bonds. The number of hydrogen-bond acceptors (Lipinski definition) is 3. The number of likely N-dealkylation sites (tertiary alicyclic amines) is 1. The molecular weight excluding hydrogens is 451 g/mol. The molecule has 3 N–H and O–H groups in total. The second-order valence-electron chi connectivity index (χ2n) is 6.60. The van der Waals surface area contributed by atoms with Crippen LogP contribution in [0.5, 0.6) is 0 Å². The highest BCUT2D eigenvalue weighted by Gasteiger charge is 2.18. The van der Waals surface area contributed by atoms with Crippen LogP contribution in [0.4, 0.5) is 0 Å². The minimum atomic E-state index is -3.52. The largest absolute Gasteiger partial charge is 0.370 e. The lowest BCUT2D eigenvalue weighted by Gasteiger charge is -2.31. The molecule has 1 heterocycles. The van der Waals surface area contributed by atoms with E-state index >= 15 is 0 Å². The third kappa shape index (κ3) is 6.41. The third-order valence-corrected chi connectivity index (χ3v) is 5.89. The Morgan fingerprint density at radius 3 is 2.80 bits per heavy atom. The van der Waals surface area contributed by atoms with Gasteiger partial charge >= 0.3 is 0 Å². The maximum atomic E-state index is 12.4. The Labute approximate surface area is 168 Å². The van der Waals surface area contributed by atoms with E-state index in [1.54, 1.807) is 13.0 Å². The molecule has 0 aliphatic carbocycles. The average molecular weight is 480 g/mol. The molecule has 142 valence electrons. The Morgan fingerprint density at radius 2 is 2.12 bits per heavy atom. The van der Waals surface area contributed by atoms with Gasteiger partial charge < -0.3 is 10.6 Å². The Balaban J connectivity index is 0.00000312. The van der Waals surface area contributed by atoms with Gasteiger partial charge in [0, 0.05) is 19.6 Å². The van der Waals surface area contributed by atoms with Crippen molar-refractivity contribution in [3.63, 3.8) is 0 Å². The van der Waals surface area contributed by atoms with E-state index in [2.05, 4.69) is 21.5 Å². The number of piperidine rings is 1. The predicted molar refractivity (Wildman–Crippen MR) is 113 cm³/mol. The van der Waals surface area contributed by atoms with Crippen LogP contribution >= 0.6 is 24.0 Å². The second kappa shape index (κ2) is 9.72. The third-order valence-electron chi connectivity index (χ3n) is 4.29. The summed E-state index contributed by atoms with van der Waals surface area (Å²) < 4.78 is 27.4. The maximum absolute atomic E-state index is 12.4.